The minimum atomic E-state index is -0.378. The van der Waals surface area contributed by atoms with Crippen LogP contribution in [0.4, 0.5) is 0 Å². The molecule has 1 heterocycles. The number of rotatable bonds is 2. The monoisotopic (exact) mass is 309 g/mol. The summed E-state index contributed by atoms with van der Waals surface area (Å²) < 4.78 is 11.4. The first-order chi connectivity index (χ1) is 10.1. The third-order valence-electron chi connectivity index (χ3n) is 4.33. The Morgan fingerprint density at radius 1 is 1.29 bits per heavy atom. The van der Waals surface area contributed by atoms with E-state index in [1.54, 1.807) is 12.1 Å². The van der Waals surface area contributed by atoms with Crippen LogP contribution in [0.1, 0.15) is 41.6 Å². The van der Waals surface area contributed by atoms with E-state index in [0.29, 0.717) is 23.8 Å². The van der Waals surface area contributed by atoms with Crippen LogP contribution in [0.25, 0.3) is 0 Å². The molecule has 1 saturated carbocycles. The van der Waals surface area contributed by atoms with Gasteiger partial charge in [-0.2, -0.15) is 0 Å². The topological polar surface area (TPSA) is 47.6 Å². The number of carbonyl (C=O) groups excluding carboxylic acids is 1. The van der Waals surface area contributed by atoms with E-state index < -0.39 is 0 Å². The maximum Gasteiger partial charge on any atom is 0.251 e. The average Bonchev–Trinajstić information content (AvgIpc) is 2.90. The number of benzene rings is 1. The van der Waals surface area contributed by atoms with Gasteiger partial charge in [0.05, 0.1) is 13.2 Å². The Morgan fingerprint density at radius 2 is 1.95 bits per heavy atom. The van der Waals surface area contributed by atoms with Gasteiger partial charge in [0, 0.05) is 29.5 Å². The van der Waals surface area contributed by atoms with Crippen molar-refractivity contribution in [2.75, 3.05) is 13.2 Å². The van der Waals surface area contributed by atoms with Crippen LogP contribution >= 0.6 is 11.6 Å². The van der Waals surface area contributed by atoms with Crippen LogP contribution in [0.2, 0.25) is 5.02 Å². The van der Waals surface area contributed by atoms with Gasteiger partial charge in [0.15, 0.2) is 5.79 Å². The zero-order valence-corrected chi connectivity index (χ0v) is 12.9. The predicted octanol–water partition coefficient (Wildman–Crippen LogP) is 3.06. The highest BCUT2D eigenvalue weighted by atomic mass is 35.5. The highest BCUT2D eigenvalue weighted by molar-refractivity contribution is 6.30. The van der Waals surface area contributed by atoms with Crippen molar-refractivity contribution >= 4 is 17.5 Å². The highest BCUT2D eigenvalue weighted by Gasteiger charge is 2.40. The normalized spacial score (nSPS) is 21.6. The largest absolute Gasteiger partial charge is 0.349 e. The van der Waals surface area contributed by atoms with Crippen molar-refractivity contribution in [3.63, 3.8) is 0 Å². The maximum atomic E-state index is 12.3. The van der Waals surface area contributed by atoms with E-state index in [-0.39, 0.29) is 17.7 Å². The van der Waals surface area contributed by atoms with Crippen molar-refractivity contribution in [3.8, 4) is 0 Å². The molecule has 2 aliphatic rings. The van der Waals surface area contributed by atoms with Crippen LogP contribution in [-0.4, -0.2) is 30.9 Å². The molecule has 4 nitrogen and oxygen atoms in total. The first kappa shape index (κ1) is 14.8. The number of carbonyl (C=O) groups is 1. The third-order valence-corrected chi connectivity index (χ3v) is 4.56. The van der Waals surface area contributed by atoms with Gasteiger partial charge in [0.25, 0.3) is 5.91 Å². The lowest BCUT2D eigenvalue weighted by Gasteiger charge is -2.35. The molecule has 0 unspecified atom stereocenters. The molecule has 21 heavy (non-hydrogen) atoms. The van der Waals surface area contributed by atoms with E-state index in [4.69, 9.17) is 21.1 Å². The standard InChI is InChI=1S/C16H20ClNO3/c1-11-10-12(17)2-3-14(11)15(19)18-13-4-6-16(7-5-13)20-8-9-21-16/h2-3,10,13H,4-9H2,1H3,(H,18,19). The van der Waals surface area contributed by atoms with Gasteiger partial charge in [-0.05, 0) is 43.5 Å². The van der Waals surface area contributed by atoms with Crippen molar-refractivity contribution in [3.05, 3.63) is 34.3 Å². The smallest absolute Gasteiger partial charge is 0.251 e. The molecule has 1 saturated heterocycles. The molecule has 0 atom stereocenters. The molecule has 1 aromatic carbocycles. The molecule has 1 aromatic rings. The number of halogens is 1. The van der Waals surface area contributed by atoms with Gasteiger partial charge in [0.2, 0.25) is 0 Å². The summed E-state index contributed by atoms with van der Waals surface area (Å²) in [5.41, 5.74) is 1.59. The summed E-state index contributed by atoms with van der Waals surface area (Å²) in [6.45, 7) is 3.26. The van der Waals surface area contributed by atoms with Crippen molar-refractivity contribution in [2.24, 2.45) is 0 Å². The summed E-state index contributed by atoms with van der Waals surface area (Å²) in [4.78, 5) is 12.3. The second-order valence-electron chi connectivity index (χ2n) is 5.81. The van der Waals surface area contributed by atoms with Gasteiger partial charge in [-0.25, -0.2) is 0 Å². The molecular weight excluding hydrogens is 290 g/mol. The van der Waals surface area contributed by atoms with Crippen LogP contribution in [0.15, 0.2) is 18.2 Å². The fraction of sp³-hybridized carbons (Fsp3) is 0.562. The molecule has 3 rings (SSSR count). The number of ether oxygens (including phenoxy) is 2. The van der Waals surface area contributed by atoms with E-state index in [1.165, 1.54) is 0 Å². The number of hydrogen-bond acceptors (Lipinski definition) is 3. The van der Waals surface area contributed by atoms with Gasteiger partial charge in [-0.3, -0.25) is 4.79 Å². The lowest BCUT2D eigenvalue weighted by molar-refractivity contribution is -0.179. The minimum absolute atomic E-state index is 0.0293. The number of aryl methyl sites for hydroxylation is 1. The van der Waals surface area contributed by atoms with Crippen LogP contribution in [-0.2, 0) is 9.47 Å². The van der Waals surface area contributed by atoms with Crippen molar-refractivity contribution in [1.82, 2.24) is 5.32 Å². The summed E-state index contributed by atoms with van der Waals surface area (Å²) in [6, 6.07) is 5.53. The molecule has 1 N–H and O–H groups in total. The zero-order valence-electron chi connectivity index (χ0n) is 12.2. The maximum absolute atomic E-state index is 12.3. The van der Waals surface area contributed by atoms with Crippen LogP contribution in [0.5, 0.6) is 0 Å². The van der Waals surface area contributed by atoms with E-state index in [2.05, 4.69) is 5.32 Å². The van der Waals surface area contributed by atoms with E-state index in [1.807, 2.05) is 13.0 Å². The third kappa shape index (κ3) is 3.23. The lowest BCUT2D eigenvalue weighted by atomic mass is 9.90. The molecule has 2 fully saturated rings. The van der Waals surface area contributed by atoms with Gasteiger partial charge >= 0.3 is 0 Å². The minimum Gasteiger partial charge on any atom is -0.349 e. The van der Waals surface area contributed by atoms with Gasteiger partial charge in [-0.15, -0.1) is 0 Å². The molecule has 114 valence electrons. The molecule has 1 amide bonds. The fourth-order valence-electron chi connectivity index (χ4n) is 3.13. The molecule has 0 aromatic heterocycles. The van der Waals surface area contributed by atoms with Gasteiger partial charge < -0.3 is 14.8 Å². The molecule has 5 heteroatoms. The van der Waals surface area contributed by atoms with E-state index >= 15 is 0 Å². The Morgan fingerprint density at radius 3 is 2.57 bits per heavy atom. The molecule has 1 aliphatic heterocycles. The molecule has 0 radical (unpaired) electrons. The molecule has 1 spiro atoms. The van der Waals surface area contributed by atoms with Crippen molar-refractivity contribution < 1.29 is 14.3 Å². The number of hydrogen-bond donors (Lipinski definition) is 1. The highest BCUT2D eigenvalue weighted by Crippen LogP contribution is 2.35. The molecule has 0 bridgehead atoms. The average molecular weight is 310 g/mol. The lowest BCUT2D eigenvalue weighted by Crippen LogP contribution is -2.44. The SMILES string of the molecule is Cc1cc(Cl)ccc1C(=O)NC1CCC2(CC1)OCCO2. The Labute approximate surface area is 129 Å². The number of amides is 1. The molecule has 1 aliphatic carbocycles. The summed E-state index contributed by atoms with van der Waals surface area (Å²) in [6.07, 6.45) is 3.46. The van der Waals surface area contributed by atoms with E-state index in [0.717, 1.165) is 31.2 Å². The summed E-state index contributed by atoms with van der Waals surface area (Å²) in [7, 11) is 0. The first-order valence-electron chi connectivity index (χ1n) is 7.43. The summed E-state index contributed by atoms with van der Waals surface area (Å²) in [5, 5.41) is 3.76. The first-order valence-corrected chi connectivity index (χ1v) is 7.81. The Hall–Kier alpha value is -1.10. The Bertz CT molecular complexity index is 530. The molecular formula is C16H20ClNO3. The van der Waals surface area contributed by atoms with Crippen molar-refractivity contribution in [2.45, 2.75) is 44.4 Å². The zero-order chi connectivity index (χ0) is 14.9. The fourth-order valence-corrected chi connectivity index (χ4v) is 3.36. The van der Waals surface area contributed by atoms with Crippen LogP contribution in [0, 0.1) is 6.92 Å². The number of nitrogens with one attached hydrogen (secondary N) is 1. The predicted molar refractivity (Wildman–Crippen MR) is 80.5 cm³/mol. The van der Waals surface area contributed by atoms with E-state index in [9.17, 15) is 4.79 Å². The Balaban J connectivity index is 1.58. The quantitative estimate of drug-likeness (QED) is 0.913. The van der Waals surface area contributed by atoms with Crippen LogP contribution in [0.3, 0.4) is 0 Å². The summed E-state index contributed by atoms with van der Waals surface area (Å²) in [5.74, 6) is -0.407. The second kappa shape index (κ2) is 5.95. The summed E-state index contributed by atoms with van der Waals surface area (Å²) >= 11 is 5.92. The Kier molecular flexibility index (Phi) is 4.20. The van der Waals surface area contributed by atoms with Crippen molar-refractivity contribution in [1.29, 1.82) is 0 Å². The second-order valence-corrected chi connectivity index (χ2v) is 6.25. The van der Waals surface area contributed by atoms with Gasteiger partial charge in [-0.1, -0.05) is 11.6 Å². The van der Waals surface area contributed by atoms with Crippen LogP contribution < -0.4 is 5.32 Å². The van der Waals surface area contributed by atoms with Gasteiger partial charge in [0.1, 0.15) is 0 Å².